The number of rotatable bonds is 2. The van der Waals surface area contributed by atoms with E-state index in [2.05, 4.69) is 21.1 Å². The summed E-state index contributed by atoms with van der Waals surface area (Å²) in [4.78, 5) is 0. The van der Waals surface area contributed by atoms with Crippen molar-refractivity contribution in [3.8, 4) is 17.0 Å². The Morgan fingerprint density at radius 2 is 2.19 bits per heavy atom. The van der Waals surface area contributed by atoms with Crippen molar-refractivity contribution in [3.63, 3.8) is 0 Å². The third-order valence-electron chi connectivity index (χ3n) is 2.05. The van der Waals surface area contributed by atoms with Crippen molar-refractivity contribution in [3.05, 3.63) is 27.7 Å². The predicted molar refractivity (Wildman–Crippen MR) is 65.6 cm³/mol. The van der Waals surface area contributed by atoms with E-state index in [1.165, 1.54) is 0 Å². The molecule has 0 aliphatic carbocycles. The second kappa shape index (κ2) is 4.35. The highest BCUT2D eigenvalue weighted by Gasteiger charge is 2.12. The molecule has 0 spiro atoms. The number of benzene rings is 1. The minimum absolute atomic E-state index is 0.248. The van der Waals surface area contributed by atoms with Gasteiger partial charge in [-0.1, -0.05) is 16.8 Å². The topological polar surface area (TPSA) is 61.3 Å². The van der Waals surface area contributed by atoms with Gasteiger partial charge >= 0.3 is 0 Å². The smallest absolute Gasteiger partial charge is 0.222 e. The molecule has 0 saturated heterocycles. The lowest BCUT2D eigenvalue weighted by molar-refractivity contribution is 0.412. The second-order valence-electron chi connectivity index (χ2n) is 3.08. The lowest BCUT2D eigenvalue weighted by Crippen LogP contribution is -1.87. The first-order valence-electron chi connectivity index (χ1n) is 4.37. The van der Waals surface area contributed by atoms with Crippen LogP contribution >= 0.6 is 27.5 Å². The van der Waals surface area contributed by atoms with E-state index in [4.69, 9.17) is 26.6 Å². The first-order valence-corrected chi connectivity index (χ1v) is 5.54. The highest BCUT2D eigenvalue weighted by molar-refractivity contribution is 9.10. The molecule has 2 N–H and O–H groups in total. The van der Waals surface area contributed by atoms with Crippen molar-refractivity contribution in [1.82, 2.24) is 5.16 Å². The van der Waals surface area contributed by atoms with Crippen LogP contribution in [-0.2, 0) is 0 Å². The summed E-state index contributed by atoms with van der Waals surface area (Å²) < 4.78 is 10.7. The van der Waals surface area contributed by atoms with E-state index in [0.717, 1.165) is 10.0 Å². The fourth-order valence-electron chi connectivity index (χ4n) is 1.30. The standard InChI is InChI=1S/C10H8BrClN2O2/c1-15-9-3-7(12)5(2-6(9)11)8-4-10(13)16-14-8/h2-4H,13H2,1H3. The van der Waals surface area contributed by atoms with E-state index in [9.17, 15) is 0 Å². The molecule has 1 aromatic carbocycles. The number of nitrogen functional groups attached to an aromatic ring is 1. The maximum absolute atomic E-state index is 6.10. The SMILES string of the molecule is COc1cc(Cl)c(-c2cc(N)on2)cc1Br. The Bertz CT molecular complexity index is 528. The molecule has 0 radical (unpaired) electrons. The third-order valence-corrected chi connectivity index (χ3v) is 2.98. The van der Waals surface area contributed by atoms with Crippen molar-refractivity contribution in [2.24, 2.45) is 0 Å². The number of nitrogens with zero attached hydrogens (tertiary/aromatic N) is 1. The van der Waals surface area contributed by atoms with Crippen LogP contribution < -0.4 is 10.5 Å². The molecule has 0 aliphatic heterocycles. The van der Waals surface area contributed by atoms with Crippen LogP contribution in [0.2, 0.25) is 5.02 Å². The maximum atomic E-state index is 6.10. The Hall–Kier alpha value is -1.20. The van der Waals surface area contributed by atoms with Gasteiger partial charge in [-0.2, -0.15) is 0 Å². The summed E-state index contributed by atoms with van der Waals surface area (Å²) in [6, 6.07) is 5.12. The van der Waals surface area contributed by atoms with Crippen LogP contribution in [0.25, 0.3) is 11.3 Å². The van der Waals surface area contributed by atoms with Crippen LogP contribution in [-0.4, -0.2) is 12.3 Å². The quantitative estimate of drug-likeness (QED) is 0.924. The van der Waals surface area contributed by atoms with Gasteiger partial charge in [-0.25, -0.2) is 0 Å². The number of halogens is 2. The zero-order valence-corrected chi connectivity index (χ0v) is 10.7. The summed E-state index contributed by atoms with van der Waals surface area (Å²) in [6.07, 6.45) is 0. The highest BCUT2D eigenvalue weighted by Crippen LogP contribution is 2.36. The number of methoxy groups -OCH3 is 1. The van der Waals surface area contributed by atoms with Gasteiger partial charge in [0, 0.05) is 17.7 Å². The predicted octanol–water partition coefficient (Wildman–Crippen LogP) is 3.35. The summed E-state index contributed by atoms with van der Waals surface area (Å²) in [5.41, 5.74) is 6.77. The van der Waals surface area contributed by atoms with Gasteiger partial charge in [-0.3, -0.25) is 0 Å². The number of hydrogen-bond acceptors (Lipinski definition) is 4. The second-order valence-corrected chi connectivity index (χ2v) is 4.34. The highest BCUT2D eigenvalue weighted by atomic mass is 79.9. The van der Waals surface area contributed by atoms with Gasteiger partial charge in [-0.15, -0.1) is 0 Å². The average Bonchev–Trinajstić information content (AvgIpc) is 2.67. The number of anilines is 1. The van der Waals surface area contributed by atoms with Crippen molar-refractivity contribution in [2.45, 2.75) is 0 Å². The van der Waals surface area contributed by atoms with E-state index >= 15 is 0 Å². The molecule has 2 rings (SSSR count). The lowest BCUT2D eigenvalue weighted by Gasteiger charge is -2.06. The van der Waals surface area contributed by atoms with Crippen molar-refractivity contribution >= 4 is 33.4 Å². The first-order chi connectivity index (χ1) is 7.61. The monoisotopic (exact) mass is 302 g/mol. The first kappa shape index (κ1) is 11.3. The Kier molecular flexibility index (Phi) is 3.07. The molecule has 2 aromatic rings. The fourth-order valence-corrected chi connectivity index (χ4v) is 2.05. The van der Waals surface area contributed by atoms with Crippen LogP contribution in [0.4, 0.5) is 5.88 Å². The molecule has 6 heteroatoms. The molecule has 84 valence electrons. The minimum Gasteiger partial charge on any atom is -0.496 e. The molecule has 0 aliphatic rings. The van der Waals surface area contributed by atoms with Gasteiger partial charge in [0.15, 0.2) is 0 Å². The number of hydrogen-bond donors (Lipinski definition) is 1. The summed E-state index contributed by atoms with van der Waals surface area (Å²) in [7, 11) is 1.57. The third kappa shape index (κ3) is 2.01. The van der Waals surface area contributed by atoms with E-state index in [0.29, 0.717) is 16.5 Å². The molecule has 16 heavy (non-hydrogen) atoms. The van der Waals surface area contributed by atoms with Gasteiger partial charge in [0.2, 0.25) is 5.88 Å². The van der Waals surface area contributed by atoms with Gasteiger partial charge in [0.25, 0.3) is 0 Å². The number of aromatic nitrogens is 1. The number of ether oxygens (including phenoxy) is 1. The van der Waals surface area contributed by atoms with Crippen molar-refractivity contribution in [2.75, 3.05) is 12.8 Å². The summed E-state index contributed by atoms with van der Waals surface area (Å²) >= 11 is 9.47. The van der Waals surface area contributed by atoms with Crippen LogP contribution in [0, 0.1) is 0 Å². The molecular formula is C10H8BrClN2O2. The van der Waals surface area contributed by atoms with Crippen LogP contribution in [0.5, 0.6) is 5.75 Å². The fraction of sp³-hybridized carbons (Fsp3) is 0.100. The Morgan fingerprint density at radius 3 is 2.75 bits per heavy atom. The normalized spacial score (nSPS) is 10.4. The zero-order chi connectivity index (χ0) is 11.7. The maximum Gasteiger partial charge on any atom is 0.222 e. The van der Waals surface area contributed by atoms with E-state index in [1.807, 2.05) is 0 Å². The molecule has 0 unspecified atom stereocenters. The molecule has 0 saturated carbocycles. The number of nitrogens with two attached hydrogens (primary N) is 1. The van der Waals surface area contributed by atoms with Gasteiger partial charge in [-0.05, 0) is 22.0 Å². The van der Waals surface area contributed by atoms with E-state index < -0.39 is 0 Å². The van der Waals surface area contributed by atoms with Crippen LogP contribution in [0.1, 0.15) is 0 Å². The molecule has 0 atom stereocenters. The van der Waals surface area contributed by atoms with Gasteiger partial charge < -0.3 is 15.0 Å². The molecule has 0 bridgehead atoms. The Morgan fingerprint density at radius 1 is 1.44 bits per heavy atom. The molecule has 0 amide bonds. The van der Waals surface area contributed by atoms with E-state index in [1.54, 1.807) is 25.3 Å². The molecular weight excluding hydrogens is 295 g/mol. The zero-order valence-electron chi connectivity index (χ0n) is 8.33. The molecule has 4 nitrogen and oxygen atoms in total. The van der Waals surface area contributed by atoms with Crippen LogP contribution in [0.3, 0.4) is 0 Å². The van der Waals surface area contributed by atoms with Gasteiger partial charge in [0.1, 0.15) is 11.4 Å². The largest absolute Gasteiger partial charge is 0.496 e. The van der Waals surface area contributed by atoms with Crippen molar-refractivity contribution < 1.29 is 9.26 Å². The van der Waals surface area contributed by atoms with Crippen LogP contribution in [0.15, 0.2) is 27.2 Å². The van der Waals surface area contributed by atoms with Crippen molar-refractivity contribution in [1.29, 1.82) is 0 Å². The average molecular weight is 304 g/mol. The summed E-state index contributed by atoms with van der Waals surface area (Å²) in [5, 5.41) is 4.32. The lowest BCUT2D eigenvalue weighted by atomic mass is 10.1. The summed E-state index contributed by atoms with van der Waals surface area (Å²) in [6.45, 7) is 0. The van der Waals surface area contributed by atoms with E-state index in [-0.39, 0.29) is 5.88 Å². The van der Waals surface area contributed by atoms with Gasteiger partial charge in [0.05, 0.1) is 16.6 Å². The molecule has 0 fully saturated rings. The Balaban J connectivity index is 2.54. The molecule has 1 heterocycles. The minimum atomic E-state index is 0.248. The summed E-state index contributed by atoms with van der Waals surface area (Å²) in [5.74, 6) is 0.906. The Labute approximate surface area is 105 Å². The molecule has 1 aromatic heterocycles.